The number of carbonyl (C=O) groups is 2. The fraction of sp³-hybridized carbons (Fsp3) is 0.538. The van der Waals surface area contributed by atoms with E-state index in [4.69, 9.17) is 10.2 Å². The number of halogens is 1. The van der Waals surface area contributed by atoms with Gasteiger partial charge >= 0.3 is 0 Å². The van der Waals surface area contributed by atoms with Gasteiger partial charge in [-0.15, -0.1) is 12.4 Å². The molecule has 0 bridgehead atoms. The summed E-state index contributed by atoms with van der Waals surface area (Å²) in [5.74, 6) is -0.0365. The van der Waals surface area contributed by atoms with Crippen LogP contribution in [-0.2, 0) is 11.3 Å². The molecule has 1 saturated carbocycles. The molecule has 21 heavy (non-hydrogen) atoms. The minimum absolute atomic E-state index is 0. The zero-order valence-corrected chi connectivity index (χ0v) is 12.5. The highest BCUT2D eigenvalue weighted by atomic mass is 35.5. The van der Waals surface area contributed by atoms with Crippen LogP contribution in [0.1, 0.15) is 29.2 Å². The molecule has 0 unspecified atom stereocenters. The highest BCUT2D eigenvalue weighted by Gasteiger charge is 2.34. The van der Waals surface area contributed by atoms with Gasteiger partial charge in [0.1, 0.15) is 5.76 Å². The van der Waals surface area contributed by atoms with Gasteiger partial charge in [-0.3, -0.25) is 9.59 Å². The molecule has 0 saturated heterocycles. The molecule has 0 spiro atoms. The lowest BCUT2D eigenvalue weighted by Gasteiger charge is -2.09. The molecule has 2 amide bonds. The van der Waals surface area contributed by atoms with E-state index in [-0.39, 0.29) is 48.5 Å². The fourth-order valence-corrected chi connectivity index (χ4v) is 2.30. The van der Waals surface area contributed by atoms with E-state index in [0.29, 0.717) is 18.6 Å². The molecule has 0 aliphatic heterocycles. The van der Waals surface area contributed by atoms with Gasteiger partial charge in [-0.25, -0.2) is 0 Å². The van der Waals surface area contributed by atoms with E-state index in [1.807, 2.05) is 0 Å². The lowest BCUT2D eigenvalue weighted by atomic mass is 10.1. The van der Waals surface area contributed by atoms with Gasteiger partial charge in [0.2, 0.25) is 5.91 Å². The summed E-state index contributed by atoms with van der Waals surface area (Å²) in [5.41, 5.74) is 5.67. The van der Waals surface area contributed by atoms with Gasteiger partial charge in [-0.1, -0.05) is 0 Å². The highest BCUT2D eigenvalue weighted by molar-refractivity contribution is 5.91. The van der Waals surface area contributed by atoms with Crippen molar-refractivity contribution in [2.24, 2.45) is 11.7 Å². The fourth-order valence-electron chi connectivity index (χ4n) is 2.30. The highest BCUT2D eigenvalue weighted by Crippen LogP contribution is 2.24. The molecule has 1 aliphatic rings. The van der Waals surface area contributed by atoms with Crippen molar-refractivity contribution in [1.29, 1.82) is 0 Å². The van der Waals surface area contributed by atoms with E-state index in [9.17, 15) is 14.7 Å². The summed E-state index contributed by atoms with van der Waals surface area (Å²) in [6, 6.07) is 2.85. The summed E-state index contributed by atoms with van der Waals surface area (Å²) >= 11 is 0. The Morgan fingerprint density at radius 2 is 2.14 bits per heavy atom. The maximum absolute atomic E-state index is 11.9. The Labute approximate surface area is 128 Å². The van der Waals surface area contributed by atoms with Crippen LogP contribution in [0.2, 0.25) is 0 Å². The largest absolute Gasteiger partial charge is 0.454 e. The number of hydrogen-bond donors (Lipinski definition) is 4. The normalized spacial score (nSPS) is 24.2. The molecule has 118 valence electrons. The number of amides is 2. The molecule has 1 aromatic rings. The minimum Gasteiger partial charge on any atom is -0.454 e. The van der Waals surface area contributed by atoms with E-state index in [1.54, 1.807) is 12.1 Å². The van der Waals surface area contributed by atoms with Crippen molar-refractivity contribution in [1.82, 2.24) is 10.6 Å². The molecule has 3 atom stereocenters. The molecule has 1 fully saturated rings. The zero-order chi connectivity index (χ0) is 14.7. The third-order valence-corrected chi connectivity index (χ3v) is 3.50. The second-order valence-corrected chi connectivity index (χ2v) is 4.96. The number of aliphatic hydroxyl groups excluding tert-OH is 1. The van der Waals surface area contributed by atoms with Gasteiger partial charge in [0.15, 0.2) is 5.76 Å². The first-order valence-electron chi connectivity index (χ1n) is 6.53. The third kappa shape index (κ3) is 4.20. The monoisotopic (exact) mass is 317 g/mol. The number of nitrogens with one attached hydrogen (secondary N) is 2. The van der Waals surface area contributed by atoms with Crippen LogP contribution in [0, 0.1) is 5.92 Å². The number of furan rings is 1. The van der Waals surface area contributed by atoms with E-state index in [0.717, 1.165) is 0 Å². The Bertz CT molecular complexity index is 495. The minimum atomic E-state index is -0.616. The van der Waals surface area contributed by atoms with Crippen LogP contribution in [0.3, 0.4) is 0 Å². The Kier molecular flexibility index (Phi) is 6.19. The predicted octanol–water partition coefficient (Wildman–Crippen LogP) is -0.225. The van der Waals surface area contributed by atoms with Crippen molar-refractivity contribution in [3.8, 4) is 0 Å². The SMILES string of the molecule is CNC(=O)c1ccc(CNC(=O)[C@H]2C[C@@H](N)[C@H](O)C2)o1.Cl. The molecule has 8 heteroatoms. The number of nitrogens with two attached hydrogens (primary N) is 1. The van der Waals surface area contributed by atoms with Gasteiger partial charge in [-0.2, -0.15) is 0 Å². The number of aliphatic hydroxyl groups is 1. The molecule has 7 nitrogen and oxygen atoms in total. The van der Waals surface area contributed by atoms with Crippen molar-refractivity contribution < 1.29 is 19.1 Å². The Morgan fingerprint density at radius 3 is 2.71 bits per heavy atom. The van der Waals surface area contributed by atoms with Crippen LogP contribution < -0.4 is 16.4 Å². The van der Waals surface area contributed by atoms with Crippen LogP contribution in [0.4, 0.5) is 0 Å². The van der Waals surface area contributed by atoms with E-state index in [2.05, 4.69) is 10.6 Å². The summed E-state index contributed by atoms with van der Waals surface area (Å²) in [4.78, 5) is 23.2. The van der Waals surface area contributed by atoms with E-state index in [1.165, 1.54) is 7.05 Å². The Hall–Kier alpha value is -1.57. The second kappa shape index (κ2) is 7.44. The molecule has 0 aromatic carbocycles. The van der Waals surface area contributed by atoms with E-state index >= 15 is 0 Å². The second-order valence-electron chi connectivity index (χ2n) is 4.96. The molecule has 0 radical (unpaired) electrons. The quantitative estimate of drug-likeness (QED) is 0.612. The smallest absolute Gasteiger partial charge is 0.286 e. The Morgan fingerprint density at radius 1 is 1.43 bits per heavy atom. The van der Waals surface area contributed by atoms with Crippen LogP contribution in [0.5, 0.6) is 0 Å². The summed E-state index contributed by atoms with van der Waals surface area (Å²) in [7, 11) is 1.51. The van der Waals surface area contributed by atoms with Crippen molar-refractivity contribution in [3.63, 3.8) is 0 Å². The van der Waals surface area contributed by atoms with Crippen LogP contribution >= 0.6 is 12.4 Å². The first-order chi connectivity index (χ1) is 9.51. The van der Waals surface area contributed by atoms with Gasteiger partial charge in [0, 0.05) is 19.0 Å². The first-order valence-corrected chi connectivity index (χ1v) is 6.53. The average Bonchev–Trinajstić information content (AvgIpc) is 3.03. The average molecular weight is 318 g/mol. The topological polar surface area (TPSA) is 118 Å². The maximum Gasteiger partial charge on any atom is 0.286 e. The standard InChI is InChI=1S/C13H19N3O4.ClH/c1-15-13(19)11-3-2-8(20-11)6-16-12(18)7-4-9(14)10(17)5-7;/h2-3,7,9-10,17H,4-6,14H2,1H3,(H,15,19)(H,16,18);1H/t7-,9+,10+;/m0./s1. The van der Waals surface area contributed by atoms with Crippen molar-refractivity contribution in [3.05, 3.63) is 23.7 Å². The van der Waals surface area contributed by atoms with Crippen LogP contribution in [0.15, 0.2) is 16.5 Å². The summed E-state index contributed by atoms with van der Waals surface area (Å²) in [6.07, 6.45) is 0.248. The van der Waals surface area contributed by atoms with Crippen molar-refractivity contribution in [2.75, 3.05) is 7.05 Å². The Balaban J connectivity index is 0.00000220. The van der Waals surface area contributed by atoms with Crippen LogP contribution in [0.25, 0.3) is 0 Å². The molecule has 2 rings (SSSR count). The first kappa shape index (κ1) is 17.5. The zero-order valence-electron chi connectivity index (χ0n) is 11.7. The van der Waals surface area contributed by atoms with Gasteiger partial charge in [-0.05, 0) is 25.0 Å². The summed E-state index contributed by atoms with van der Waals surface area (Å²) in [5, 5.41) is 14.7. The summed E-state index contributed by atoms with van der Waals surface area (Å²) in [6.45, 7) is 0.206. The molecular formula is C13H20ClN3O4. The molecule has 1 aromatic heterocycles. The molecule has 1 aliphatic carbocycles. The van der Waals surface area contributed by atoms with Crippen molar-refractivity contribution in [2.45, 2.75) is 31.5 Å². The van der Waals surface area contributed by atoms with Gasteiger partial charge in [0.25, 0.3) is 5.91 Å². The summed E-state index contributed by atoms with van der Waals surface area (Å²) < 4.78 is 5.29. The van der Waals surface area contributed by atoms with Crippen LogP contribution in [-0.4, -0.2) is 36.1 Å². The van der Waals surface area contributed by atoms with Gasteiger partial charge in [0.05, 0.1) is 12.6 Å². The van der Waals surface area contributed by atoms with Gasteiger partial charge < -0.3 is 25.9 Å². The predicted molar refractivity (Wildman–Crippen MR) is 77.9 cm³/mol. The lowest BCUT2D eigenvalue weighted by Crippen LogP contribution is -2.30. The number of rotatable bonds is 4. The lowest BCUT2D eigenvalue weighted by molar-refractivity contribution is -0.125. The number of carbonyl (C=O) groups excluding carboxylic acids is 2. The van der Waals surface area contributed by atoms with E-state index < -0.39 is 6.10 Å². The maximum atomic E-state index is 11.9. The van der Waals surface area contributed by atoms with Crippen molar-refractivity contribution >= 4 is 24.2 Å². The third-order valence-electron chi connectivity index (χ3n) is 3.50. The molecular weight excluding hydrogens is 298 g/mol. The number of hydrogen-bond acceptors (Lipinski definition) is 5. The molecule has 5 N–H and O–H groups in total. The molecule has 1 heterocycles.